The van der Waals surface area contributed by atoms with E-state index in [0.29, 0.717) is 0 Å². The smallest absolute Gasteiger partial charge is 0.143 e. The lowest BCUT2D eigenvalue weighted by Gasteiger charge is -2.30. The van der Waals surface area contributed by atoms with Crippen molar-refractivity contribution in [2.75, 3.05) is 4.90 Å². The zero-order chi connectivity index (χ0) is 39.8. The molecule has 0 fully saturated rings. The van der Waals surface area contributed by atoms with Gasteiger partial charge in [-0.3, -0.25) is 0 Å². The van der Waals surface area contributed by atoms with Crippen LogP contribution in [-0.4, -0.2) is 4.57 Å². The standard InChI is InChI=1S/C55H42N2OS/c1-54(2,3)33-23-25-35(26-24-33)56(36-27-28-38-37-17-9-12-20-44(37)57(45(38)31-36)34-15-7-6-8-16-34)46-32-43-51(53-49(46)41-19-11-14-22-48(41)59-53)50-42(55(43,4)5)30-29-40-39-18-10-13-21-47(39)58-52(40)50/h6-32H,1-5H3. The van der Waals surface area contributed by atoms with Crippen LogP contribution in [0.3, 0.4) is 0 Å². The largest absolute Gasteiger partial charge is 0.455 e. The summed E-state index contributed by atoms with van der Waals surface area (Å²) in [7, 11) is 0. The maximum atomic E-state index is 6.83. The van der Waals surface area contributed by atoms with E-state index in [1.807, 2.05) is 11.3 Å². The molecule has 4 heteroatoms. The van der Waals surface area contributed by atoms with E-state index in [4.69, 9.17) is 4.42 Å². The van der Waals surface area contributed by atoms with Crippen molar-refractivity contribution in [2.45, 2.75) is 45.4 Å². The number of hydrogen-bond donors (Lipinski definition) is 0. The lowest BCUT2D eigenvalue weighted by atomic mass is 9.81. The van der Waals surface area contributed by atoms with Gasteiger partial charge in [-0.1, -0.05) is 138 Å². The summed E-state index contributed by atoms with van der Waals surface area (Å²) in [4.78, 5) is 2.52. The van der Waals surface area contributed by atoms with Gasteiger partial charge in [0.05, 0.1) is 16.7 Å². The monoisotopic (exact) mass is 778 g/mol. The summed E-state index contributed by atoms with van der Waals surface area (Å²) in [6, 6.07) is 60.5. The second-order valence-corrected chi connectivity index (χ2v) is 18.8. The third kappa shape index (κ3) is 4.87. The van der Waals surface area contributed by atoms with Gasteiger partial charge in [0.1, 0.15) is 11.2 Å². The van der Waals surface area contributed by atoms with Gasteiger partial charge in [-0.15, -0.1) is 11.3 Å². The Hall–Kier alpha value is -6.62. The minimum absolute atomic E-state index is 0.0288. The topological polar surface area (TPSA) is 21.3 Å². The first-order valence-electron chi connectivity index (χ1n) is 20.6. The molecule has 12 rings (SSSR count). The first kappa shape index (κ1) is 34.4. The lowest BCUT2D eigenvalue weighted by Crippen LogP contribution is -2.17. The van der Waals surface area contributed by atoms with Gasteiger partial charge in [0.25, 0.3) is 0 Å². The molecule has 0 aliphatic heterocycles. The molecule has 0 bridgehead atoms. The van der Waals surface area contributed by atoms with Crippen LogP contribution in [0.1, 0.15) is 51.3 Å². The second kappa shape index (κ2) is 12.2. The molecule has 1 aliphatic carbocycles. The van der Waals surface area contributed by atoms with Crippen LogP contribution in [0.5, 0.6) is 0 Å². The van der Waals surface area contributed by atoms with Gasteiger partial charge in [0.15, 0.2) is 0 Å². The van der Waals surface area contributed by atoms with Crippen LogP contribution >= 0.6 is 11.3 Å². The van der Waals surface area contributed by atoms with Gasteiger partial charge in [0.2, 0.25) is 0 Å². The van der Waals surface area contributed by atoms with Crippen molar-refractivity contribution >= 4 is 92.3 Å². The number of anilines is 3. The van der Waals surface area contributed by atoms with Crippen molar-refractivity contribution < 1.29 is 4.42 Å². The highest BCUT2D eigenvalue weighted by molar-refractivity contribution is 7.26. The molecule has 0 atom stereocenters. The van der Waals surface area contributed by atoms with Crippen molar-refractivity contribution in [3.05, 3.63) is 180 Å². The minimum atomic E-state index is -0.275. The number of furan rings is 1. The number of thiophene rings is 1. The van der Waals surface area contributed by atoms with Crippen LogP contribution in [0.4, 0.5) is 17.1 Å². The second-order valence-electron chi connectivity index (χ2n) is 17.7. The van der Waals surface area contributed by atoms with E-state index in [1.54, 1.807) is 0 Å². The molecule has 284 valence electrons. The SMILES string of the molecule is CC(C)(C)c1ccc(N(c2ccc3c4ccccc4n(-c4ccccc4)c3c2)c2cc3c(c4sc5ccccc5c24)-c2c(ccc4c2oc2ccccc24)C3(C)C)cc1. The molecule has 1 aliphatic rings. The van der Waals surface area contributed by atoms with Gasteiger partial charge in [-0.2, -0.15) is 0 Å². The van der Waals surface area contributed by atoms with Crippen molar-refractivity contribution in [1.82, 2.24) is 4.57 Å². The molecule has 3 heterocycles. The number of hydrogen-bond acceptors (Lipinski definition) is 3. The average Bonchev–Trinajstić information content (AvgIpc) is 3.98. The van der Waals surface area contributed by atoms with Gasteiger partial charge >= 0.3 is 0 Å². The number of fused-ring (bicyclic) bond motifs is 14. The van der Waals surface area contributed by atoms with E-state index in [0.717, 1.165) is 33.6 Å². The van der Waals surface area contributed by atoms with Crippen LogP contribution in [-0.2, 0) is 10.8 Å². The van der Waals surface area contributed by atoms with Crippen LogP contribution in [0.25, 0.3) is 80.7 Å². The summed E-state index contributed by atoms with van der Waals surface area (Å²) in [5.41, 5.74) is 15.1. The van der Waals surface area contributed by atoms with E-state index >= 15 is 0 Å². The van der Waals surface area contributed by atoms with Crippen LogP contribution in [0.15, 0.2) is 168 Å². The molecule has 0 radical (unpaired) electrons. The van der Waals surface area contributed by atoms with Crippen molar-refractivity contribution in [2.24, 2.45) is 0 Å². The highest BCUT2D eigenvalue weighted by Crippen LogP contribution is 2.59. The molecule has 0 spiro atoms. The predicted molar refractivity (Wildman–Crippen MR) is 252 cm³/mol. The van der Waals surface area contributed by atoms with Gasteiger partial charge in [0, 0.05) is 75.3 Å². The predicted octanol–water partition coefficient (Wildman–Crippen LogP) is 16.1. The maximum absolute atomic E-state index is 6.83. The van der Waals surface area contributed by atoms with Crippen LogP contribution in [0.2, 0.25) is 0 Å². The number of benzene rings is 8. The van der Waals surface area contributed by atoms with E-state index < -0.39 is 0 Å². The molecule has 0 saturated heterocycles. The first-order valence-corrected chi connectivity index (χ1v) is 21.4. The molecule has 59 heavy (non-hydrogen) atoms. The first-order chi connectivity index (χ1) is 28.7. The molecule has 0 amide bonds. The zero-order valence-electron chi connectivity index (χ0n) is 33.8. The van der Waals surface area contributed by atoms with E-state index in [-0.39, 0.29) is 10.8 Å². The zero-order valence-corrected chi connectivity index (χ0v) is 34.6. The van der Waals surface area contributed by atoms with Gasteiger partial charge in [-0.05, 0) is 82.8 Å². The molecule has 8 aromatic carbocycles. The minimum Gasteiger partial charge on any atom is -0.455 e. The van der Waals surface area contributed by atoms with E-state index in [1.165, 1.54) is 80.9 Å². The molecular weight excluding hydrogens is 737 g/mol. The van der Waals surface area contributed by atoms with Crippen molar-refractivity contribution in [1.29, 1.82) is 0 Å². The number of rotatable bonds is 4. The Bertz CT molecular complexity index is 3500. The Kier molecular flexibility index (Phi) is 7.12. The third-order valence-corrected chi connectivity index (χ3v) is 14.1. The summed E-state index contributed by atoms with van der Waals surface area (Å²) in [6.45, 7) is 11.6. The normalized spacial score (nSPS) is 13.6. The quantitative estimate of drug-likeness (QED) is 0.177. The highest BCUT2D eigenvalue weighted by Gasteiger charge is 2.41. The fourth-order valence-electron chi connectivity index (χ4n) is 9.99. The number of para-hydroxylation sites is 3. The molecule has 3 nitrogen and oxygen atoms in total. The Morgan fingerprint density at radius 3 is 2.02 bits per heavy atom. The van der Waals surface area contributed by atoms with Crippen LogP contribution in [0, 0.1) is 0 Å². The number of nitrogens with zero attached hydrogens (tertiary/aromatic N) is 2. The van der Waals surface area contributed by atoms with E-state index in [9.17, 15) is 0 Å². The Morgan fingerprint density at radius 2 is 1.22 bits per heavy atom. The Morgan fingerprint density at radius 1 is 0.559 bits per heavy atom. The fraction of sp³-hybridized carbons (Fsp3) is 0.127. The highest BCUT2D eigenvalue weighted by atomic mass is 32.1. The molecular formula is C55H42N2OS. The summed E-state index contributed by atoms with van der Waals surface area (Å²) >= 11 is 1.91. The fourth-order valence-corrected chi connectivity index (χ4v) is 11.3. The Balaban J connectivity index is 1.20. The summed E-state index contributed by atoms with van der Waals surface area (Å²) in [5.74, 6) is 0. The molecule has 0 saturated carbocycles. The van der Waals surface area contributed by atoms with Crippen molar-refractivity contribution in [3.8, 4) is 16.8 Å². The maximum Gasteiger partial charge on any atom is 0.143 e. The van der Waals surface area contributed by atoms with Gasteiger partial charge in [-0.25, -0.2) is 0 Å². The molecule has 0 N–H and O–H groups in total. The molecule has 0 unspecified atom stereocenters. The van der Waals surface area contributed by atoms with Gasteiger partial charge < -0.3 is 13.9 Å². The Labute approximate surface area is 347 Å². The summed E-state index contributed by atoms with van der Waals surface area (Å²) < 4.78 is 11.8. The lowest BCUT2D eigenvalue weighted by molar-refractivity contribution is 0.590. The molecule has 3 aromatic heterocycles. The molecule has 11 aromatic rings. The number of aromatic nitrogens is 1. The summed E-state index contributed by atoms with van der Waals surface area (Å²) in [6.07, 6.45) is 0. The van der Waals surface area contributed by atoms with Crippen LogP contribution < -0.4 is 4.90 Å². The average molecular weight is 779 g/mol. The van der Waals surface area contributed by atoms with E-state index in [2.05, 4.69) is 208 Å². The summed E-state index contributed by atoms with van der Waals surface area (Å²) in [5, 5.41) is 7.36. The third-order valence-electron chi connectivity index (χ3n) is 12.9. The van der Waals surface area contributed by atoms with Crippen molar-refractivity contribution in [3.63, 3.8) is 0 Å².